The summed E-state index contributed by atoms with van der Waals surface area (Å²) in [5.41, 5.74) is 10.6. The second-order valence-electron chi connectivity index (χ2n) is 13.3. The van der Waals surface area contributed by atoms with E-state index in [9.17, 15) is 0 Å². The quantitative estimate of drug-likeness (QED) is 0.208. The molecule has 0 fully saturated rings. The molecule has 0 aliphatic rings. The maximum atomic E-state index is 2.53. The van der Waals surface area contributed by atoms with Crippen LogP contribution in [0.1, 0.15) is 76.0 Å². The fourth-order valence-corrected chi connectivity index (χ4v) is 7.01. The molecule has 42 heavy (non-hydrogen) atoms. The van der Waals surface area contributed by atoms with Crippen LogP contribution in [-0.4, -0.2) is 4.40 Å². The molecular weight excluding hydrogens is 506 g/mol. The van der Waals surface area contributed by atoms with Crippen molar-refractivity contribution < 1.29 is 0 Å². The van der Waals surface area contributed by atoms with E-state index in [0.717, 1.165) is 0 Å². The zero-order valence-corrected chi connectivity index (χ0v) is 25.4. The average Bonchev–Trinajstić information content (AvgIpc) is 3.48. The molecule has 0 spiro atoms. The molecule has 0 aliphatic heterocycles. The smallest absolute Gasteiger partial charge is 0.0620 e. The largest absolute Gasteiger partial charge is 0.308 e. The minimum absolute atomic E-state index is 0.508. The van der Waals surface area contributed by atoms with Crippen LogP contribution in [0.4, 0.5) is 0 Å². The lowest BCUT2D eigenvalue weighted by Gasteiger charge is -2.10. The Hall–Kier alpha value is -4.36. The van der Waals surface area contributed by atoms with Crippen LogP contribution in [0.15, 0.2) is 97.1 Å². The average molecular weight is 544 g/mol. The number of aromatic nitrogens is 1. The molecule has 6 aromatic carbocycles. The molecule has 0 N–H and O–H groups in total. The summed E-state index contributed by atoms with van der Waals surface area (Å²) in [6.07, 6.45) is 0. The summed E-state index contributed by atoms with van der Waals surface area (Å²) in [6.45, 7) is 13.6. The number of fused-ring (bicyclic) bond motifs is 8. The normalized spacial score (nSPS) is 12.7. The van der Waals surface area contributed by atoms with Crippen LogP contribution < -0.4 is 0 Å². The van der Waals surface area contributed by atoms with Gasteiger partial charge in [0.25, 0.3) is 0 Å². The molecule has 0 unspecified atom stereocenters. The van der Waals surface area contributed by atoms with E-state index in [2.05, 4.69) is 143 Å². The summed E-state index contributed by atoms with van der Waals surface area (Å²) in [4.78, 5) is 0. The molecule has 0 saturated carbocycles. The van der Waals surface area contributed by atoms with Crippen LogP contribution in [0.5, 0.6) is 0 Å². The van der Waals surface area contributed by atoms with Gasteiger partial charge in [0, 0.05) is 21.5 Å². The first kappa shape index (κ1) is 25.4. The maximum Gasteiger partial charge on any atom is 0.0620 e. The maximum absolute atomic E-state index is 2.53. The fraction of sp³-hybridized carbons (Fsp3) is 0.220. The topological polar surface area (TPSA) is 4.41 Å². The van der Waals surface area contributed by atoms with E-state index in [1.165, 1.54) is 87.5 Å². The van der Waals surface area contributed by atoms with Gasteiger partial charge in [0.05, 0.1) is 16.6 Å². The molecule has 8 rings (SSSR count). The molecule has 0 bridgehead atoms. The van der Waals surface area contributed by atoms with E-state index < -0.39 is 0 Å². The van der Waals surface area contributed by atoms with Gasteiger partial charge in [-0.25, -0.2) is 0 Å². The van der Waals surface area contributed by atoms with Crippen molar-refractivity contribution in [3.63, 3.8) is 0 Å². The van der Waals surface area contributed by atoms with Gasteiger partial charge in [0.15, 0.2) is 0 Å². The molecule has 206 valence electrons. The minimum Gasteiger partial charge on any atom is -0.308 e. The van der Waals surface area contributed by atoms with Crippen LogP contribution in [0.2, 0.25) is 0 Å². The van der Waals surface area contributed by atoms with Crippen LogP contribution >= 0.6 is 0 Å². The zero-order chi connectivity index (χ0) is 28.9. The highest BCUT2D eigenvalue weighted by Crippen LogP contribution is 2.44. The molecule has 2 aromatic heterocycles. The summed E-state index contributed by atoms with van der Waals surface area (Å²) >= 11 is 0. The summed E-state index contributed by atoms with van der Waals surface area (Å²) in [5.74, 6) is 1.54. The third-order valence-corrected chi connectivity index (χ3v) is 9.60. The Labute approximate surface area is 247 Å². The molecule has 0 atom stereocenters. The van der Waals surface area contributed by atoms with Gasteiger partial charge >= 0.3 is 0 Å². The van der Waals surface area contributed by atoms with Gasteiger partial charge in [-0.1, -0.05) is 102 Å². The molecule has 1 nitrogen and oxygen atoms in total. The highest BCUT2D eigenvalue weighted by molar-refractivity contribution is 6.27. The van der Waals surface area contributed by atoms with Crippen molar-refractivity contribution in [1.82, 2.24) is 4.40 Å². The highest BCUT2D eigenvalue weighted by atomic mass is 14.9. The van der Waals surface area contributed by atoms with Gasteiger partial charge in [-0.05, 0) is 104 Å². The third kappa shape index (κ3) is 3.69. The first-order valence-electron chi connectivity index (χ1n) is 15.5. The summed E-state index contributed by atoms with van der Waals surface area (Å²) in [6, 6.07) is 37.7. The molecule has 1 heteroatoms. The number of nitrogens with zero attached hydrogens (tertiary/aromatic N) is 1. The molecule has 0 aliphatic carbocycles. The van der Waals surface area contributed by atoms with Gasteiger partial charge < -0.3 is 4.40 Å². The van der Waals surface area contributed by atoms with Gasteiger partial charge in [-0.15, -0.1) is 0 Å². The fourth-order valence-electron chi connectivity index (χ4n) is 7.01. The van der Waals surface area contributed by atoms with Crippen LogP contribution in [0, 0.1) is 0 Å². The molecule has 0 amide bonds. The lowest BCUT2D eigenvalue weighted by Crippen LogP contribution is -1.88. The number of hydrogen-bond acceptors (Lipinski definition) is 0. The van der Waals surface area contributed by atoms with Crippen LogP contribution in [-0.2, 0) is 0 Å². The van der Waals surface area contributed by atoms with Crippen LogP contribution in [0.3, 0.4) is 0 Å². The van der Waals surface area contributed by atoms with Gasteiger partial charge in [0.1, 0.15) is 0 Å². The van der Waals surface area contributed by atoms with Gasteiger partial charge in [-0.2, -0.15) is 0 Å². The van der Waals surface area contributed by atoms with Crippen molar-refractivity contribution in [1.29, 1.82) is 0 Å². The van der Waals surface area contributed by atoms with Crippen molar-refractivity contribution in [2.24, 2.45) is 0 Å². The van der Waals surface area contributed by atoms with Gasteiger partial charge in [0.2, 0.25) is 0 Å². The molecule has 0 radical (unpaired) electrons. The Bertz CT molecular complexity index is 2170. The van der Waals surface area contributed by atoms with Crippen molar-refractivity contribution in [2.75, 3.05) is 0 Å². The molecule has 8 aromatic rings. The Morgan fingerprint density at radius 3 is 1.29 bits per heavy atom. The lowest BCUT2D eigenvalue weighted by atomic mass is 9.94. The van der Waals surface area contributed by atoms with E-state index in [1.807, 2.05) is 0 Å². The molecular formula is C41H37N. The van der Waals surface area contributed by atoms with Crippen molar-refractivity contribution >= 4 is 59.6 Å². The second-order valence-corrected chi connectivity index (χ2v) is 13.3. The minimum atomic E-state index is 0.508. The Balaban J connectivity index is 1.51. The summed E-state index contributed by atoms with van der Waals surface area (Å²) < 4.78 is 2.53. The predicted octanol–water partition coefficient (Wildman–Crippen LogP) is 12.2. The summed E-state index contributed by atoms with van der Waals surface area (Å²) in [7, 11) is 0. The first-order chi connectivity index (χ1) is 20.3. The molecule has 0 saturated heterocycles. The van der Waals surface area contributed by atoms with E-state index in [4.69, 9.17) is 0 Å². The van der Waals surface area contributed by atoms with Crippen molar-refractivity contribution in [3.8, 4) is 11.1 Å². The van der Waals surface area contributed by atoms with E-state index in [1.54, 1.807) is 0 Å². The molecule has 2 heterocycles. The van der Waals surface area contributed by atoms with E-state index in [-0.39, 0.29) is 0 Å². The Morgan fingerprint density at radius 2 is 0.833 bits per heavy atom. The number of rotatable bonds is 4. The monoisotopic (exact) mass is 543 g/mol. The van der Waals surface area contributed by atoms with E-state index in [0.29, 0.717) is 17.8 Å². The lowest BCUT2D eigenvalue weighted by molar-refractivity contribution is 0.867. The highest BCUT2D eigenvalue weighted by Gasteiger charge is 2.20. The summed E-state index contributed by atoms with van der Waals surface area (Å²) in [5, 5.41) is 10.6. The van der Waals surface area contributed by atoms with Crippen LogP contribution in [0.25, 0.3) is 70.8 Å². The standard InChI is InChI=1S/C41H37N/c1-23(2)26-7-9-27(10-8-26)34-19-37-35-17-32-15-28(24(3)4)11-13-30(32)21-39(35)42-40-22-31-14-12-29(25(5)6)16-33(31)18-36(40)38(20-34)41(37)42/h7-25H,1-6H3. The Morgan fingerprint density at radius 1 is 0.381 bits per heavy atom. The van der Waals surface area contributed by atoms with Crippen molar-refractivity contribution in [3.05, 3.63) is 114 Å². The third-order valence-electron chi connectivity index (χ3n) is 9.60. The van der Waals surface area contributed by atoms with Gasteiger partial charge in [-0.3, -0.25) is 0 Å². The SMILES string of the molecule is CC(C)c1ccc(-c2cc3c4cc5cc(C(C)C)ccc5cc4n4c5cc6ccc(C(C)C)cc6cc5c(c2)c34)cc1. The predicted molar refractivity (Wildman–Crippen MR) is 184 cm³/mol. The van der Waals surface area contributed by atoms with E-state index >= 15 is 0 Å². The zero-order valence-electron chi connectivity index (χ0n) is 25.4. The number of benzene rings is 6. The Kier molecular flexibility index (Phi) is 5.47. The first-order valence-corrected chi connectivity index (χ1v) is 15.5. The van der Waals surface area contributed by atoms with Crippen molar-refractivity contribution in [2.45, 2.75) is 59.3 Å². The number of hydrogen-bond donors (Lipinski definition) is 0. The second kappa shape index (κ2) is 9.07.